The van der Waals surface area contributed by atoms with E-state index in [9.17, 15) is 14.0 Å². The molecule has 7 nitrogen and oxygen atoms in total. The smallest absolute Gasteiger partial charge is 0.251 e. The monoisotopic (exact) mass is 458 g/mol. The van der Waals surface area contributed by atoms with Gasteiger partial charge >= 0.3 is 0 Å². The van der Waals surface area contributed by atoms with E-state index in [1.54, 1.807) is 0 Å². The SMILES string of the molecule is O=C(Nc1cnccn1)C(CC1CCCCC1)N1CC(Oc2c(F)cccc2Cl)=CC1=O. The Morgan fingerprint density at radius 2 is 2.09 bits per heavy atom. The number of para-hydroxylation sites is 1. The number of nitrogens with one attached hydrogen (secondary N) is 1. The second kappa shape index (κ2) is 10.1. The lowest BCUT2D eigenvalue weighted by Crippen LogP contribution is -2.46. The highest BCUT2D eigenvalue weighted by atomic mass is 35.5. The second-order valence-electron chi connectivity index (χ2n) is 8.07. The highest BCUT2D eigenvalue weighted by Gasteiger charge is 2.36. The van der Waals surface area contributed by atoms with Gasteiger partial charge in [0.15, 0.2) is 17.4 Å². The number of aromatic nitrogens is 2. The third kappa shape index (κ3) is 5.24. The molecule has 1 saturated carbocycles. The van der Waals surface area contributed by atoms with E-state index in [4.69, 9.17) is 16.3 Å². The van der Waals surface area contributed by atoms with Crippen LogP contribution >= 0.6 is 11.6 Å². The van der Waals surface area contributed by atoms with Gasteiger partial charge in [0.25, 0.3) is 5.91 Å². The third-order valence-corrected chi connectivity index (χ3v) is 6.12. The van der Waals surface area contributed by atoms with Crippen LogP contribution in [0, 0.1) is 11.7 Å². The van der Waals surface area contributed by atoms with Gasteiger partial charge in [0.1, 0.15) is 11.8 Å². The molecule has 0 spiro atoms. The number of carbonyl (C=O) groups is 2. The number of carbonyl (C=O) groups excluding carboxylic acids is 2. The zero-order valence-electron chi connectivity index (χ0n) is 17.5. The zero-order chi connectivity index (χ0) is 22.5. The summed E-state index contributed by atoms with van der Waals surface area (Å²) in [6.07, 6.45) is 11.8. The van der Waals surface area contributed by atoms with E-state index in [2.05, 4.69) is 15.3 Å². The van der Waals surface area contributed by atoms with Crippen molar-refractivity contribution >= 4 is 29.2 Å². The van der Waals surface area contributed by atoms with Crippen molar-refractivity contribution in [2.45, 2.75) is 44.6 Å². The van der Waals surface area contributed by atoms with E-state index in [0.29, 0.717) is 18.2 Å². The third-order valence-electron chi connectivity index (χ3n) is 5.82. The fourth-order valence-electron chi connectivity index (χ4n) is 4.24. The van der Waals surface area contributed by atoms with Crippen molar-refractivity contribution in [3.63, 3.8) is 0 Å². The number of amides is 2. The minimum Gasteiger partial charge on any atom is -0.455 e. The van der Waals surface area contributed by atoms with E-state index in [1.165, 1.54) is 54.2 Å². The molecule has 1 unspecified atom stereocenters. The Morgan fingerprint density at radius 3 is 2.81 bits per heavy atom. The van der Waals surface area contributed by atoms with Gasteiger partial charge in [0, 0.05) is 18.5 Å². The molecule has 9 heteroatoms. The molecule has 1 fully saturated rings. The summed E-state index contributed by atoms with van der Waals surface area (Å²) in [4.78, 5) is 35.5. The standard InChI is InChI=1S/C23H24ClFN4O3/c24-17-7-4-8-18(25)22(17)32-16-12-21(30)29(14-16)19(11-15-5-2-1-3-6-15)23(31)28-20-13-26-9-10-27-20/h4,7-10,12-13,15,19H,1-3,5-6,11,14H2,(H,27,28,31). The van der Waals surface area contributed by atoms with E-state index >= 15 is 0 Å². The maximum Gasteiger partial charge on any atom is 0.251 e. The van der Waals surface area contributed by atoms with Crippen molar-refractivity contribution in [3.8, 4) is 5.75 Å². The van der Waals surface area contributed by atoms with Gasteiger partial charge in [-0.3, -0.25) is 14.6 Å². The van der Waals surface area contributed by atoms with Gasteiger partial charge in [0.2, 0.25) is 5.91 Å². The Morgan fingerprint density at radius 1 is 1.28 bits per heavy atom. The van der Waals surface area contributed by atoms with Crippen LogP contribution in [0.5, 0.6) is 5.75 Å². The number of benzene rings is 1. The van der Waals surface area contributed by atoms with Crippen LogP contribution in [0.1, 0.15) is 38.5 Å². The fourth-order valence-corrected chi connectivity index (χ4v) is 4.44. The Balaban J connectivity index is 1.51. The number of hydrogen-bond acceptors (Lipinski definition) is 5. The predicted octanol–water partition coefficient (Wildman–Crippen LogP) is 4.35. The summed E-state index contributed by atoms with van der Waals surface area (Å²) >= 11 is 6.05. The lowest BCUT2D eigenvalue weighted by Gasteiger charge is -2.31. The predicted molar refractivity (Wildman–Crippen MR) is 117 cm³/mol. The van der Waals surface area contributed by atoms with Gasteiger partial charge in [-0.05, 0) is 24.5 Å². The zero-order valence-corrected chi connectivity index (χ0v) is 18.2. The number of hydrogen-bond donors (Lipinski definition) is 1. The molecule has 168 valence electrons. The van der Waals surface area contributed by atoms with Gasteiger partial charge in [-0.25, -0.2) is 9.37 Å². The summed E-state index contributed by atoms with van der Waals surface area (Å²) in [6.45, 7) is 0.0504. The number of nitrogens with zero attached hydrogens (tertiary/aromatic N) is 3. The Kier molecular flexibility index (Phi) is 6.99. The Bertz CT molecular complexity index is 991. The summed E-state index contributed by atoms with van der Waals surface area (Å²) in [5, 5.41) is 2.87. The lowest BCUT2D eigenvalue weighted by atomic mass is 9.84. The fraction of sp³-hybridized carbons (Fsp3) is 0.391. The minimum absolute atomic E-state index is 0.0504. The molecule has 1 atom stereocenters. The minimum atomic E-state index is -0.707. The molecule has 0 saturated heterocycles. The molecule has 32 heavy (non-hydrogen) atoms. The average molecular weight is 459 g/mol. The molecular weight excluding hydrogens is 435 g/mol. The quantitative estimate of drug-likeness (QED) is 0.666. The van der Waals surface area contributed by atoms with Gasteiger partial charge in [-0.15, -0.1) is 0 Å². The van der Waals surface area contributed by atoms with Gasteiger partial charge in [-0.1, -0.05) is 49.8 Å². The molecule has 1 aromatic heterocycles. The van der Waals surface area contributed by atoms with Crippen LogP contribution in [-0.4, -0.2) is 39.3 Å². The van der Waals surface area contributed by atoms with Gasteiger partial charge < -0.3 is 15.0 Å². The Hall–Kier alpha value is -3.00. The van der Waals surface area contributed by atoms with E-state index < -0.39 is 11.9 Å². The maximum atomic E-state index is 14.1. The first kappa shape index (κ1) is 22.2. The normalized spacial score (nSPS) is 17.8. The van der Waals surface area contributed by atoms with Crippen molar-refractivity contribution in [1.82, 2.24) is 14.9 Å². The van der Waals surface area contributed by atoms with Gasteiger partial charge in [0.05, 0.1) is 17.8 Å². The molecule has 4 rings (SSSR count). The van der Waals surface area contributed by atoms with Crippen LogP contribution in [0.15, 0.2) is 48.6 Å². The van der Waals surface area contributed by atoms with E-state index in [1.807, 2.05) is 0 Å². The maximum absolute atomic E-state index is 14.1. The summed E-state index contributed by atoms with van der Waals surface area (Å²) in [5.41, 5.74) is 0. The first-order valence-corrected chi connectivity index (χ1v) is 11.1. The summed E-state index contributed by atoms with van der Waals surface area (Å²) in [7, 11) is 0. The van der Waals surface area contributed by atoms with Crippen LogP contribution in [-0.2, 0) is 9.59 Å². The van der Waals surface area contributed by atoms with Crippen LogP contribution < -0.4 is 10.1 Å². The van der Waals surface area contributed by atoms with Crippen molar-refractivity contribution in [3.05, 3.63) is 59.5 Å². The molecule has 2 aromatic rings. The average Bonchev–Trinajstić information content (AvgIpc) is 3.16. The van der Waals surface area contributed by atoms with Crippen LogP contribution in [0.4, 0.5) is 10.2 Å². The summed E-state index contributed by atoms with van der Waals surface area (Å²) < 4.78 is 19.7. The molecule has 2 amide bonds. The van der Waals surface area contributed by atoms with Crippen molar-refractivity contribution in [2.75, 3.05) is 11.9 Å². The number of rotatable bonds is 7. The van der Waals surface area contributed by atoms with Crippen molar-refractivity contribution in [2.24, 2.45) is 5.92 Å². The molecule has 0 bridgehead atoms. The number of ether oxygens (including phenoxy) is 1. The lowest BCUT2D eigenvalue weighted by molar-refractivity contribution is -0.134. The largest absolute Gasteiger partial charge is 0.455 e. The highest BCUT2D eigenvalue weighted by molar-refractivity contribution is 6.32. The van der Waals surface area contributed by atoms with Crippen LogP contribution in [0.2, 0.25) is 5.02 Å². The molecule has 1 aliphatic carbocycles. The second-order valence-corrected chi connectivity index (χ2v) is 8.47. The Labute approximate surface area is 190 Å². The van der Waals surface area contributed by atoms with E-state index in [-0.39, 0.29) is 34.9 Å². The first-order chi connectivity index (χ1) is 15.5. The molecule has 1 aromatic carbocycles. The van der Waals surface area contributed by atoms with E-state index in [0.717, 1.165) is 25.7 Å². The molecule has 1 N–H and O–H groups in total. The van der Waals surface area contributed by atoms with Crippen molar-refractivity contribution < 1.29 is 18.7 Å². The van der Waals surface area contributed by atoms with Crippen molar-refractivity contribution in [1.29, 1.82) is 0 Å². The topological polar surface area (TPSA) is 84.4 Å². The van der Waals surface area contributed by atoms with Gasteiger partial charge in [-0.2, -0.15) is 0 Å². The first-order valence-electron chi connectivity index (χ1n) is 10.7. The molecule has 2 aliphatic rings. The molecular formula is C23H24ClFN4O3. The molecule has 1 aliphatic heterocycles. The number of anilines is 1. The summed E-state index contributed by atoms with van der Waals surface area (Å²) in [6, 6.07) is 3.51. The molecule has 0 radical (unpaired) electrons. The highest BCUT2D eigenvalue weighted by Crippen LogP contribution is 2.33. The number of halogens is 2. The van der Waals surface area contributed by atoms with Crippen LogP contribution in [0.25, 0.3) is 0 Å². The van der Waals surface area contributed by atoms with Crippen LogP contribution in [0.3, 0.4) is 0 Å². The summed E-state index contributed by atoms with van der Waals surface area (Å²) in [5.74, 6) is -0.541. The molecule has 2 heterocycles.